The number of carbonyl (C=O) groups excluding carboxylic acids is 6. The van der Waals surface area contributed by atoms with Crippen LogP contribution in [0.5, 0.6) is 0 Å². The van der Waals surface area contributed by atoms with E-state index in [1.165, 1.54) is 0 Å². The number of likely N-dealkylation sites (N-methyl/N-ethyl adjacent to an activating group) is 1. The number of amides is 6. The lowest BCUT2D eigenvalue weighted by Gasteiger charge is -2.32. The van der Waals surface area contributed by atoms with Crippen molar-refractivity contribution in [2.45, 2.75) is 117 Å². The lowest BCUT2D eigenvalue weighted by atomic mass is 9.99. The van der Waals surface area contributed by atoms with Gasteiger partial charge >= 0.3 is 0 Å². The topological polar surface area (TPSA) is 223 Å². The highest BCUT2D eigenvalue weighted by atomic mass is 16.5. The van der Waals surface area contributed by atoms with Crippen LogP contribution in [-0.4, -0.2) is 136 Å². The lowest BCUT2D eigenvalue weighted by molar-refractivity contribution is -0.139. The summed E-state index contributed by atoms with van der Waals surface area (Å²) in [6.07, 6.45) is 15.2. The number of ether oxygens (including phenoxy) is 2. The third-order valence-electron chi connectivity index (χ3n) is 15.6. The van der Waals surface area contributed by atoms with E-state index >= 15 is 0 Å². The summed E-state index contributed by atoms with van der Waals surface area (Å²) in [4.78, 5) is 94.1. The minimum absolute atomic E-state index is 0.0308. The lowest BCUT2D eigenvalue weighted by Crippen LogP contribution is -2.54. The second-order valence-corrected chi connectivity index (χ2v) is 21.8. The van der Waals surface area contributed by atoms with E-state index in [-0.39, 0.29) is 78.6 Å². The first-order chi connectivity index (χ1) is 38.6. The summed E-state index contributed by atoms with van der Waals surface area (Å²) in [7, 11) is 1.71. The van der Waals surface area contributed by atoms with Crippen LogP contribution in [0, 0.1) is 17.8 Å². The molecule has 0 unspecified atom stereocenters. The van der Waals surface area contributed by atoms with Gasteiger partial charge in [-0.2, -0.15) is 0 Å². The molecule has 8 rings (SSSR count). The summed E-state index contributed by atoms with van der Waals surface area (Å²) < 4.78 is 15.4. The number of carbonyl (C=O) groups is 6. The number of rotatable bonds is 25. The van der Waals surface area contributed by atoms with Crippen molar-refractivity contribution in [2.24, 2.45) is 17.8 Å². The number of hydrogen-bond donors (Lipinski definition) is 5. The van der Waals surface area contributed by atoms with Gasteiger partial charge in [0.25, 0.3) is 11.8 Å². The van der Waals surface area contributed by atoms with Crippen molar-refractivity contribution in [1.82, 2.24) is 55.5 Å². The predicted octanol–water partition coefficient (Wildman–Crippen LogP) is 7.17. The quantitative estimate of drug-likeness (QED) is 0.0286. The number of likely N-dealkylation sites (tertiary alicyclic amines) is 2. The Balaban J connectivity index is 0.804. The highest BCUT2D eigenvalue weighted by Crippen LogP contribution is 2.36. The summed E-state index contributed by atoms with van der Waals surface area (Å²) in [6, 6.07) is 17.3. The number of hydrogen-bond acceptors (Lipinski definition) is 11. The van der Waals surface area contributed by atoms with Crippen LogP contribution < -0.4 is 26.6 Å². The summed E-state index contributed by atoms with van der Waals surface area (Å²) in [5.41, 5.74) is 5.93. The van der Waals surface area contributed by atoms with Gasteiger partial charge in [0.1, 0.15) is 18.8 Å². The van der Waals surface area contributed by atoms with Crippen LogP contribution in [0.1, 0.15) is 131 Å². The Kier molecular flexibility index (Phi) is 19.9. The molecule has 5 N–H and O–H groups in total. The van der Waals surface area contributed by atoms with E-state index in [0.717, 1.165) is 70.0 Å². The molecule has 2 aromatic carbocycles. The van der Waals surface area contributed by atoms with Gasteiger partial charge in [0.2, 0.25) is 23.6 Å². The van der Waals surface area contributed by atoms with Crippen LogP contribution >= 0.6 is 0 Å². The number of benzene rings is 2. The molecule has 6 aromatic rings. The van der Waals surface area contributed by atoms with E-state index in [4.69, 9.17) is 9.47 Å². The third-order valence-corrected chi connectivity index (χ3v) is 15.6. The zero-order chi connectivity index (χ0) is 57.0. The minimum atomic E-state index is -0.669. The molecule has 6 atom stereocenters. The molecule has 6 heterocycles. The van der Waals surface area contributed by atoms with Crippen molar-refractivity contribution < 1.29 is 38.2 Å². The first kappa shape index (κ1) is 58.7. The van der Waals surface area contributed by atoms with Gasteiger partial charge in [-0.1, -0.05) is 77.9 Å². The Bertz CT molecular complexity index is 2940. The molecular weight excluding hydrogens is 1010 g/mol. The van der Waals surface area contributed by atoms with Gasteiger partial charge in [0, 0.05) is 67.7 Å². The van der Waals surface area contributed by atoms with Crippen LogP contribution in [0.15, 0.2) is 97.8 Å². The van der Waals surface area contributed by atoms with E-state index in [1.54, 1.807) is 45.0 Å². The van der Waals surface area contributed by atoms with Crippen LogP contribution in [0.4, 0.5) is 0 Å². The van der Waals surface area contributed by atoms with Crippen molar-refractivity contribution in [3.8, 4) is 11.4 Å². The highest BCUT2D eigenvalue weighted by Gasteiger charge is 2.38. The maximum absolute atomic E-state index is 14.0. The Morgan fingerprint density at radius 2 is 1.11 bits per heavy atom. The monoisotopic (exact) mass is 1090 g/mol. The molecule has 0 saturated carbocycles. The van der Waals surface area contributed by atoms with Gasteiger partial charge in [-0.25, -0.2) is 0 Å². The SMILES string of the molecule is CC[C@@H](C)C(=O)N[C@H](C(=O)N1CCC[C@H]1c1cncc(-n2cc(C(=O)NCCCOCCOCNC(=O)c3cn(-c4cncc([C@@H]5CCCN5C(=O)[C@@H](NC(=O)[C@H](C)NC)C(C)C)c4)c4ccccc34)c3ccccc32)c1)C(C)C. The molecule has 80 heavy (non-hydrogen) atoms. The standard InChI is InChI=1S/C61H79N11O8/c1-9-40(6)56(73)67-54(38(2)3)60(77)69-24-14-21-50(69)42-29-44(33-63-31-42)71-35-48(46-17-10-12-19-52(46)71)58(75)65-23-16-26-79-27-28-80-37-66-59(76)49-36-72(53-20-13-11-18-47(49)53)45-30-43(32-64-34-45)51-22-15-25-70(51)61(78)55(39(4)5)68-57(74)41(7)62-8/h10-13,17-20,29-36,38-41,50-51,54-55,62H,9,14-16,21-28,37H2,1-8H3,(H,65,75)(H,66,76)(H,67,73)(H,68,74)/t40-,41+,50+,51+,54+,55+/m1/s1. The summed E-state index contributed by atoms with van der Waals surface area (Å²) in [5.74, 6) is -1.44. The summed E-state index contributed by atoms with van der Waals surface area (Å²) in [6.45, 7) is 15.8. The molecule has 0 bridgehead atoms. The van der Waals surface area contributed by atoms with E-state index < -0.39 is 18.1 Å². The van der Waals surface area contributed by atoms with E-state index in [0.29, 0.717) is 56.8 Å². The smallest absolute Gasteiger partial charge is 0.255 e. The third kappa shape index (κ3) is 13.4. The maximum atomic E-state index is 14.0. The van der Waals surface area contributed by atoms with Gasteiger partial charge in [-0.05, 0) is 99.7 Å². The molecule has 426 valence electrons. The molecule has 0 spiro atoms. The van der Waals surface area contributed by atoms with Crippen LogP contribution in [0.3, 0.4) is 0 Å². The van der Waals surface area contributed by atoms with Gasteiger partial charge < -0.3 is 55.0 Å². The molecule has 0 radical (unpaired) electrons. The second kappa shape index (κ2) is 27.1. The number of pyridine rings is 2. The number of fused-ring (bicyclic) bond motifs is 2. The van der Waals surface area contributed by atoms with Gasteiger partial charge in [-0.3, -0.25) is 38.7 Å². The zero-order valence-corrected chi connectivity index (χ0v) is 47.5. The fourth-order valence-electron chi connectivity index (χ4n) is 10.7. The Morgan fingerprint density at radius 3 is 1.61 bits per heavy atom. The highest BCUT2D eigenvalue weighted by molar-refractivity contribution is 6.08. The molecule has 2 aliphatic heterocycles. The molecule has 19 heteroatoms. The Labute approximate surface area is 468 Å². The molecular formula is C61H79N11O8. The second-order valence-electron chi connectivity index (χ2n) is 21.8. The largest absolute Gasteiger partial charge is 0.379 e. The van der Waals surface area contributed by atoms with E-state index in [9.17, 15) is 28.8 Å². The van der Waals surface area contributed by atoms with Crippen LogP contribution in [0.2, 0.25) is 0 Å². The normalized spacial score (nSPS) is 17.0. The Morgan fingerprint density at radius 1 is 0.625 bits per heavy atom. The molecule has 2 fully saturated rings. The van der Waals surface area contributed by atoms with Crippen molar-refractivity contribution in [3.63, 3.8) is 0 Å². The first-order valence-electron chi connectivity index (χ1n) is 28.3. The first-order valence-corrected chi connectivity index (χ1v) is 28.3. The molecule has 0 aliphatic carbocycles. The molecule has 2 aliphatic rings. The van der Waals surface area contributed by atoms with Gasteiger partial charge in [-0.15, -0.1) is 0 Å². The Hall–Kier alpha value is -7.48. The maximum Gasteiger partial charge on any atom is 0.255 e. The van der Waals surface area contributed by atoms with Crippen LogP contribution in [-0.2, 0) is 28.7 Å². The molecule has 2 saturated heterocycles. The van der Waals surface area contributed by atoms with Crippen LogP contribution in [0.25, 0.3) is 33.2 Å². The fraction of sp³-hybridized carbons (Fsp3) is 0.475. The van der Waals surface area contributed by atoms with Gasteiger partial charge in [0.15, 0.2) is 0 Å². The average Bonchev–Trinajstić information content (AvgIpc) is 4.41. The van der Waals surface area contributed by atoms with Gasteiger partial charge in [0.05, 0.1) is 77.3 Å². The fourth-order valence-corrected chi connectivity index (χ4v) is 10.7. The van der Waals surface area contributed by atoms with Crippen molar-refractivity contribution in [1.29, 1.82) is 0 Å². The molecule has 4 aromatic heterocycles. The molecule has 19 nitrogen and oxygen atoms in total. The van der Waals surface area contributed by atoms with Crippen molar-refractivity contribution in [3.05, 3.63) is 120 Å². The summed E-state index contributed by atoms with van der Waals surface area (Å²) in [5, 5.41) is 16.4. The number of nitrogens with one attached hydrogen (secondary N) is 5. The van der Waals surface area contributed by atoms with Crippen molar-refractivity contribution >= 4 is 57.2 Å². The number of aromatic nitrogens is 4. The van der Waals surface area contributed by atoms with E-state index in [1.807, 2.05) is 127 Å². The summed E-state index contributed by atoms with van der Waals surface area (Å²) >= 11 is 0. The molecule has 6 amide bonds. The zero-order valence-electron chi connectivity index (χ0n) is 47.5. The number of para-hydroxylation sites is 2. The minimum Gasteiger partial charge on any atom is -0.379 e. The van der Waals surface area contributed by atoms with E-state index in [2.05, 4.69) is 36.6 Å². The van der Waals surface area contributed by atoms with Crippen molar-refractivity contribution in [2.75, 3.05) is 53.2 Å². The average molecular weight is 1090 g/mol. The number of nitrogens with zero attached hydrogens (tertiary/aromatic N) is 6. The predicted molar refractivity (Wildman–Crippen MR) is 307 cm³/mol.